The summed E-state index contributed by atoms with van der Waals surface area (Å²) >= 11 is 0. The van der Waals surface area contributed by atoms with Gasteiger partial charge < -0.3 is 20.1 Å². The zero-order valence-corrected chi connectivity index (χ0v) is 15.3. The average Bonchev–Trinajstić information content (AvgIpc) is 2.67. The fourth-order valence-corrected chi connectivity index (χ4v) is 4.88. The number of nitrogens with zero attached hydrogens (tertiary/aromatic N) is 2. The normalized spacial score (nSPS) is 31.6. The van der Waals surface area contributed by atoms with Gasteiger partial charge in [-0.15, -0.1) is 0 Å². The van der Waals surface area contributed by atoms with Crippen LogP contribution < -0.4 is 15.0 Å². The quantitative estimate of drug-likeness (QED) is 0.873. The van der Waals surface area contributed by atoms with Crippen molar-refractivity contribution in [1.82, 2.24) is 10.2 Å². The zero-order chi connectivity index (χ0) is 17.3. The van der Waals surface area contributed by atoms with Gasteiger partial charge in [0.25, 0.3) is 0 Å². The molecule has 0 amide bonds. The number of hydrogen-bond donors (Lipinski definition) is 2. The molecule has 0 unspecified atom stereocenters. The second kappa shape index (κ2) is 7.14. The van der Waals surface area contributed by atoms with Crippen LogP contribution >= 0.6 is 0 Å². The highest BCUT2D eigenvalue weighted by molar-refractivity contribution is 5.51. The van der Waals surface area contributed by atoms with E-state index >= 15 is 0 Å². The Labute approximate surface area is 151 Å². The van der Waals surface area contributed by atoms with Crippen LogP contribution in [0.25, 0.3) is 0 Å². The van der Waals surface area contributed by atoms with E-state index in [9.17, 15) is 5.11 Å². The van der Waals surface area contributed by atoms with Crippen LogP contribution in [0.2, 0.25) is 0 Å². The number of fused-ring (bicyclic) bond motifs is 1. The monoisotopic (exact) mass is 345 g/mol. The Kier molecular flexibility index (Phi) is 4.89. The molecule has 138 valence electrons. The van der Waals surface area contributed by atoms with Crippen molar-refractivity contribution in [3.8, 4) is 5.75 Å². The summed E-state index contributed by atoms with van der Waals surface area (Å²) in [6.45, 7) is 6.23. The van der Waals surface area contributed by atoms with Crippen molar-refractivity contribution in [3.05, 3.63) is 24.3 Å². The minimum absolute atomic E-state index is 0.395. The fourth-order valence-electron chi connectivity index (χ4n) is 4.88. The maximum atomic E-state index is 10.9. The second-order valence-electron chi connectivity index (χ2n) is 7.92. The predicted molar refractivity (Wildman–Crippen MR) is 100 cm³/mol. The average molecular weight is 345 g/mol. The summed E-state index contributed by atoms with van der Waals surface area (Å²) in [4.78, 5) is 5.12. The van der Waals surface area contributed by atoms with Crippen LogP contribution in [0, 0.1) is 5.92 Å². The van der Waals surface area contributed by atoms with Crippen molar-refractivity contribution in [1.29, 1.82) is 0 Å². The summed E-state index contributed by atoms with van der Waals surface area (Å²) in [5.41, 5.74) is 0.852. The van der Waals surface area contributed by atoms with E-state index in [4.69, 9.17) is 4.74 Å². The largest absolute Gasteiger partial charge is 0.497 e. The minimum Gasteiger partial charge on any atom is -0.497 e. The molecule has 0 aliphatic carbocycles. The van der Waals surface area contributed by atoms with E-state index in [1.165, 1.54) is 18.5 Å². The van der Waals surface area contributed by atoms with Gasteiger partial charge in [0.15, 0.2) is 0 Å². The summed E-state index contributed by atoms with van der Waals surface area (Å²) in [6.07, 6.45) is 4.26. The summed E-state index contributed by atoms with van der Waals surface area (Å²) in [5, 5.41) is 14.3. The summed E-state index contributed by atoms with van der Waals surface area (Å²) in [5.74, 6) is 1.33. The number of rotatable bonds is 3. The Morgan fingerprint density at radius 2 is 2.04 bits per heavy atom. The lowest BCUT2D eigenvalue weighted by Gasteiger charge is -2.50. The molecule has 0 spiro atoms. The Hall–Kier alpha value is -1.30. The predicted octanol–water partition coefficient (Wildman–Crippen LogP) is 1.71. The van der Waals surface area contributed by atoms with Crippen molar-refractivity contribution in [2.24, 2.45) is 5.92 Å². The molecule has 2 atom stereocenters. The molecule has 2 N–H and O–H groups in total. The third-order valence-electron chi connectivity index (χ3n) is 6.57. The van der Waals surface area contributed by atoms with Crippen molar-refractivity contribution >= 4 is 5.69 Å². The van der Waals surface area contributed by atoms with Crippen molar-refractivity contribution < 1.29 is 9.84 Å². The van der Waals surface area contributed by atoms with Gasteiger partial charge in [-0.1, -0.05) is 6.07 Å². The molecular formula is C20H31N3O2. The summed E-state index contributed by atoms with van der Waals surface area (Å²) < 4.78 is 5.36. The third kappa shape index (κ3) is 3.50. The Morgan fingerprint density at radius 3 is 2.84 bits per heavy atom. The number of likely N-dealkylation sites (tertiary alicyclic amines) is 1. The topological polar surface area (TPSA) is 48.0 Å². The lowest BCUT2D eigenvalue weighted by atomic mass is 9.75. The zero-order valence-electron chi connectivity index (χ0n) is 15.3. The van der Waals surface area contributed by atoms with Gasteiger partial charge in [-0.25, -0.2) is 0 Å². The molecule has 0 radical (unpaired) electrons. The van der Waals surface area contributed by atoms with Crippen LogP contribution in [0.4, 0.5) is 5.69 Å². The molecule has 3 fully saturated rings. The van der Waals surface area contributed by atoms with Crippen LogP contribution in [-0.4, -0.2) is 68.0 Å². The van der Waals surface area contributed by atoms with Gasteiger partial charge in [-0.3, -0.25) is 4.90 Å². The number of hydrogen-bond acceptors (Lipinski definition) is 5. The molecule has 3 aliphatic heterocycles. The number of piperidine rings is 3. The lowest BCUT2D eigenvalue weighted by Crippen LogP contribution is -2.61. The lowest BCUT2D eigenvalue weighted by molar-refractivity contribution is -0.0971. The van der Waals surface area contributed by atoms with Crippen LogP contribution in [-0.2, 0) is 0 Å². The van der Waals surface area contributed by atoms with E-state index in [1.54, 1.807) is 7.11 Å². The van der Waals surface area contributed by atoms with Gasteiger partial charge in [0, 0.05) is 56.4 Å². The molecule has 1 aromatic carbocycles. The van der Waals surface area contributed by atoms with Gasteiger partial charge in [-0.05, 0) is 44.4 Å². The van der Waals surface area contributed by atoms with E-state index in [0.29, 0.717) is 12.0 Å². The Balaban J connectivity index is 1.34. The number of benzene rings is 1. The third-order valence-corrected chi connectivity index (χ3v) is 6.57. The van der Waals surface area contributed by atoms with Gasteiger partial charge in [-0.2, -0.15) is 0 Å². The van der Waals surface area contributed by atoms with Gasteiger partial charge in [0.05, 0.1) is 12.7 Å². The first-order valence-corrected chi connectivity index (χ1v) is 9.74. The van der Waals surface area contributed by atoms with E-state index in [-0.39, 0.29) is 0 Å². The van der Waals surface area contributed by atoms with E-state index in [2.05, 4.69) is 33.3 Å². The smallest absolute Gasteiger partial charge is 0.120 e. The second-order valence-corrected chi connectivity index (χ2v) is 7.92. The van der Waals surface area contributed by atoms with Gasteiger partial charge >= 0.3 is 0 Å². The van der Waals surface area contributed by atoms with Crippen LogP contribution in [0.5, 0.6) is 5.75 Å². The summed E-state index contributed by atoms with van der Waals surface area (Å²) in [7, 11) is 1.73. The molecular weight excluding hydrogens is 314 g/mol. The maximum absolute atomic E-state index is 10.9. The molecule has 5 heteroatoms. The number of anilines is 1. The highest BCUT2D eigenvalue weighted by Gasteiger charge is 2.44. The van der Waals surface area contributed by atoms with Gasteiger partial charge in [0.1, 0.15) is 5.75 Å². The molecule has 0 saturated carbocycles. The standard InChI is InChI=1S/C20H31N3O2/c1-25-19-4-2-3-18(13-19)22-10-5-17(6-11-22)23-12-8-20(24)7-9-21-14-16(20)15-23/h2-4,13,16-17,21,24H,5-12,14-15H2,1H3/t16-,20-/m0/s1. The molecule has 3 heterocycles. The highest BCUT2D eigenvalue weighted by atomic mass is 16.5. The number of ether oxygens (including phenoxy) is 1. The van der Waals surface area contributed by atoms with Gasteiger partial charge in [0.2, 0.25) is 0 Å². The van der Waals surface area contributed by atoms with Crippen LogP contribution in [0.3, 0.4) is 0 Å². The van der Waals surface area contributed by atoms with E-state index in [0.717, 1.165) is 57.9 Å². The number of methoxy groups -OCH3 is 1. The molecule has 1 aromatic rings. The molecule has 0 bridgehead atoms. The van der Waals surface area contributed by atoms with Crippen molar-refractivity contribution in [2.45, 2.75) is 37.3 Å². The number of aliphatic hydroxyl groups is 1. The fraction of sp³-hybridized carbons (Fsp3) is 0.700. The molecule has 4 rings (SSSR count). The molecule has 25 heavy (non-hydrogen) atoms. The van der Waals surface area contributed by atoms with E-state index in [1.807, 2.05) is 6.07 Å². The van der Waals surface area contributed by atoms with E-state index < -0.39 is 5.60 Å². The maximum Gasteiger partial charge on any atom is 0.120 e. The Bertz CT molecular complexity index is 588. The first-order chi connectivity index (χ1) is 12.2. The number of nitrogens with one attached hydrogen (secondary N) is 1. The highest BCUT2D eigenvalue weighted by Crippen LogP contribution is 2.35. The molecule has 3 aliphatic rings. The van der Waals surface area contributed by atoms with Crippen LogP contribution in [0.15, 0.2) is 24.3 Å². The molecule has 0 aromatic heterocycles. The van der Waals surface area contributed by atoms with Crippen molar-refractivity contribution in [3.63, 3.8) is 0 Å². The summed E-state index contributed by atoms with van der Waals surface area (Å²) in [6, 6.07) is 9.05. The van der Waals surface area contributed by atoms with Crippen LogP contribution in [0.1, 0.15) is 25.7 Å². The molecule has 3 saturated heterocycles. The SMILES string of the molecule is COc1cccc(N2CCC(N3CC[C@@]4(O)CCNC[C@H]4C3)CC2)c1. The molecule has 5 nitrogen and oxygen atoms in total. The first kappa shape index (κ1) is 17.1. The van der Waals surface area contributed by atoms with Crippen molar-refractivity contribution in [2.75, 3.05) is 51.3 Å². The first-order valence-electron chi connectivity index (χ1n) is 9.74. The Morgan fingerprint density at radius 1 is 1.20 bits per heavy atom. The minimum atomic E-state index is -0.414.